The fraction of sp³-hybridized carbons (Fsp3) is 0.188. The molecule has 0 aliphatic heterocycles. The molecule has 0 fully saturated rings. The average Bonchev–Trinajstić information content (AvgIpc) is 2.98. The highest BCUT2D eigenvalue weighted by molar-refractivity contribution is 6.30. The van der Waals surface area contributed by atoms with Crippen molar-refractivity contribution >= 4 is 34.9 Å². The van der Waals surface area contributed by atoms with E-state index in [1.54, 1.807) is 24.3 Å². The van der Waals surface area contributed by atoms with E-state index in [9.17, 15) is 14.4 Å². The molecule has 0 saturated carbocycles. The summed E-state index contributed by atoms with van der Waals surface area (Å²) in [5.41, 5.74) is 1.28. The molecule has 1 heterocycles. The number of halogens is 1. The van der Waals surface area contributed by atoms with Crippen molar-refractivity contribution in [3.63, 3.8) is 0 Å². The number of nitrogens with zero attached hydrogens (tertiary/aromatic N) is 1. The van der Waals surface area contributed by atoms with Gasteiger partial charge in [0.1, 0.15) is 5.69 Å². The van der Waals surface area contributed by atoms with Crippen molar-refractivity contribution in [3.8, 4) is 0 Å². The largest absolute Gasteiger partial charge is 0.356 e. The molecular weight excluding hydrogens is 318 g/mol. The maximum absolute atomic E-state index is 12.2. The number of nitrogens with one attached hydrogen (secondary N) is 2. The van der Waals surface area contributed by atoms with E-state index in [0.29, 0.717) is 16.3 Å². The molecule has 2 N–H and O–H groups in total. The van der Waals surface area contributed by atoms with Gasteiger partial charge in [0.2, 0.25) is 5.91 Å². The van der Waals surface area contributed by atoms with Crippen LogP contribution in [-0.2, 0) is 4.79 Å². The van der Waals surface area contributed by atoms with E-state index < -0.39 is 0 Å². The molecule has 0 spiro atoms. The number of aromatic nitrogens is 1. The van der Waals surface area contributed by atoms with Gasteiger partial charge in [-0.25, -0.2) is 0 Å². The van der Waals surface area contributed by atoms with Gasteiger partial charge in [-0.05, 0) is 37.3 Å². The zero-order valence-electron chi connectivity index (χ0n) is 12.7. The van der Waals surface area contributed by atoms with E-state index in [4.69, 9.17) is 11.6 Å². The second-order valence-electron chi connectivity index (χ2n) is 5.07. The number of ketones is 1. The Bertz CT molecular complexity index is 737. The number of benzene rings is 1. The Morgan fingerprint density at radius 3 is 2.43 bits per heavy atom. The second kappa shape index (κ2) is 7.11. The molecule has 0 aliphatic carbocycles. The standard InChI is InChI=1S/C16H16ClN3O3/c1-10(21)11-7-14(18-8-11)16(23)20(2)9-15(22)19-13-5-3-12(17)4-6-13/h3-8,18H,9H2,1-2H3,(H,19,22). The van der Waals surface area contributed by atoms with Crippen LogP contribution in [0.3, 0.4) is 0 Å². The summed E-state index contributed by atoms with van der Waals surface area (Å²) < 4.78 is 0. The molecular formula is C16H16ClN3O3. The summed E-state index contributed by atoms with van der Waals surface area (Å²) in [6.45, 7) is 1.30. The maximum Gasteiger partial charge on any atom is 0.270 e. The van der Waals surface area contributed by atoms with Gasteiger partial charge in [-0.3, -0.25) is 14.4 Å². The van der Waals surface area contributed by atoms with Gasteiger partial charge in [0.15, 0.2) is 5.78 Å². The average molecular weight is 334 g/mol. The van der Waals surface area contributed by atoms with Crippen LogP contribution in [0.4, 0.5) is 5.69 Å². The SMILES string of the molecule is CC(=O)c1c[nH]c(C(=O)N(C)CC(=O)Nc2ccc(Cl)cc2)c1. The smallest absolute Gasteiger partial charge is 0.270 e. The summed E-state index contributed by atoms with van der Waals surface area (Å²) >= 11 is 5.77. The first-order valence-electron chi connectivity index (χ1n) is 6.87. The first kappa shape index (κ1) is 16.8. The molecule has 1 aromatic heterocycles. The van der Waals surface area contributed by atoms with Gasteiger partial charge >= 0.3 is 0 Å². The Labute approximate surface area is 138 Å². The lowest BCUT2D eigenvalue weighted by molar-refractivity contribution is -0.116. The van der Waals surface area contributed by atoms with Gasteiger partial charge in [-0.2, -0.15) is 0 Å². The third-order valence-electron chi connectivity index (χ3n) is 3.18. The first-order valence-corrected chi connectivity index (χ1v) is 7.25. The number of hydrogen-bond acceptors (Lipinski definition) is 3. The fourth-order valence-electron chi connectivity index (χ4n) is 1.95. The van der Waals surface area contributed by atoms with Gasteiger partial charge in [-0.1, -0.05) is 11.6 Å². The third-order valence-corrected chi connectivity index (χ3v) is 3.43. The van der Waals surface area contributed by atoms with Crippen LogP contribution in [-0.4, -0.2) is 41.1 Å². The predicted molar refractivity (Wildman–Crippen MR) is 87.8 cm³/mol. The molecule has 2 aromatic rings. The highest BCUT2D eigenvalue weighted by Gasteiger charge is 2.17. The molecule has 0 atom stereocenters. The van der Waals surface area contributed by atoms with Crippen LogP contribution in [0.1, 0.15) is 27.8 Å². The van der Waals surface area contributed by atoms with E-state index >= 15 is 0 Å². The minimum atomic E-state index is -0.372. The Balaban J connectivity index is 1.95. The van der Waals surface area contributed by atoms with Crippen LogP contribution in [0.25, 0.3) is 0 Å². The van der Waals surface area contributed by atoms with Gasteiger partial charge in [0.05, 0.1) is 6.54 Å². The lowest BCUT2D eigenvalue weighted by Crippen LogP contribution is -2.35. The minimum absolute atomic E-state index is 0.115. The zero-order valence-corrected chi connectivity index (χ0v) is 13.5. The Morgan fingerprint density at radius 1 is 1.22 bits per heavy atom. The van der Waals surface area contributed by atoms with E-state index in [2.05, 4.69) is 10.3 Å². The normalized spacial score (nSPS) is 10.2. The number of anilines is 1. The molecule has 2 rings (SSSR count). The number of likely N-dealkylation sites (N-methyl/N-ethyl adjacent to an activating group) is 1. The zero-order chi connectivity index (χ0) is 17.0. The third kappa shape index (κ3) is 4.43. The summed E-state index contributed by atoms with van der Waals surface area (Å²) in [7, 11) is 1.51. The van der Waals surface area contributed by atoms with E-state index in [0.717, 1.165) is 0 Å². The van der Waals surface area contributed by atoms with Gasteiger partial charge < -0.3 is 15.2 Å². The Morgan fingerprint density at radius 2 is 1.87 bits per heavy atom. The molecule has 0 aliphatic rings. The Kier molecular flexibility index (Phi) is 5.18. The molecule has 0 saturated heterocycles. The van der Waals surface area contributed by atoms with Crippen molar-refractivity contribution in [2.24, 2.45) is 0 Å². The summed E-state index contributed by atoms with van der Waals surface area (Å²) in [4.78, 5) is 39.4. The van der Waals surface area contributed by atoms with Crippen molar-refractivity contribution in [1.29, 1.82) is 0 Å². The quantitative estimate of drug-likeness (QED) is 0.825. The topological polar surface area (TPSA) is 82.3 Å². The van der Waals surface area contributed by atoms with Crippen LogP contribution in [0, 0.1) is 0 Å². The maximum atomic E-state index is 12.2. The van der Waals surface area contributed by atoms with Crippen LogP contribution in [0.2, 0.25) is 5.02 Å². The van der Waals surface area contributed by atoms with Gasteiger partial charge in [0.25, 0.3) is 5.91 Å². The summed E-state index contributed by atoms with van der Waals surface area (Å²) in [6.07, 6.45) is 1.47. The number of H-pyrrole nitrogens is 1. The number of carbonyl (C=O) groups is 3. The molecule has 7 heteroatoms. The molecule has 1 aromatic carbocycles. The van der Waals surface area contributed by atoms with Crippen molar-refractivity contribution in [1.82, 2.24) is 9.88 Å². The molecule has 0 radical (unpaired) electrons. The second-order valence-corrected chi connectivity index (χ2v) is 5.51. The number of Topliss-reactive ketones (excluding diaryl/α,β-unsaturated/α-hetero) is 1. The lowest BCUT2D eigenvalue weighted by Gasteiger charge is -2.16. The number of rotatable bonds is 5. The highest BCUT2D eigenvalue weighted by atomic mass is 35.5. The van der Waals surface area contributed by atoms with E-state index in [1.807, 2.05) is 0 Å². The van der Waals surface area contributed by atoms with Crippen molar-refractivity contribution in [3.05, 3.63) is 52.8 Å². The molecule has 120 valence electrons. The summed E-state index contributed by atoms with van der Waals surface area (Å²) in [6, 6.07) is 8.14. The van der Waals surface area contributed by atoms with Crippen LogP contribution < -0.4 is 5.32 Å². The van der Waals surface area contributed by atoms with Crippen LogP contribution >= 0.6 is 11.6 Å². The van der Waals surface area contributed by atoms with Crippen molar-refractivity contribution in [2.75, 3.05) is 18.9 Å². The molecule has 0 bridgehead atoms. The first-order chi connectivity index (χ1) is 10.9. The van der Waals surface area contributed by atoms with Gasteiger partial charge in [-0.15, -0.1) is 0 Å². The number of carbonyl (C=O) groups excluding carboxylic acids is 3. The monoisotopic (exact) mass is 333 g/mol. The fourth-order valence-corrected chi connectivity index (χ4v) is 2.07. The highest BCUT2D eigenvalue weighted by Crippen LogP contribution is 2.13. The summed E-state index contributed by atoms with van der Waals surface area (Å²) in [5, 5.41) is 3.25. The van der Waals surface area contributed by atoms with Crippen LogP contribution in [0.15, 0.2) is 36.5 Å². The van der Waals surface area contributed by atoms with E-state index in [-0.39, 0.29) is 29.8 Å². The molecule has 6 nitrogen and oxygen atoms in total. The summed E-state index contributed by atoms with van der Waals surface area (Å²) in [5.74, 6) is -0.839. The van der Waals surface area contributed by atoms with Crippen molar-refractivity contribution in [2.45, 2.75) is 6.92 Å². The molecule has 2 amide bonds. The van der Waals surface area contributed by atoms with Crippen LogP contribution in [0.5, 0.6) is 0 Å². The van der Waals surface area contributed by atoms with E-state index in [1.165, 1.54) is 31.1 Å². The number of amides is 2. The predicted octanol–water partition coefficient (Wildman–Crippen LogP) is 2.58. The molecule has 23 heavy (non-hydrogen) atoms. The minimum Gasteiger partial charge on any atom is -0.356 e. The number of hydrogen-bond donors (Lipinski definition) is 2. The number of aromatic amines is 1. The van der Waals surface area contributed by atoms with Crippen molar-refractivity contribution < 1.29 is 14.4 Å². The van der Waals surface area contributed by atoms with Gasteiger partial charge in [0, 0.05) is 29.5 Å². The Hall–Kier alpha value is -2.60. The molecule has 0 unspecified atom stereocenters. The lowest BCUT2D eigenvalue weighted by atomic mass is 10.2.